The predicted molar refractivity (Wildman–Crippen MR) is 69.6 cm³/mol. The van der Waals surface area contributed by atoms with Crippen LogP contribution in [0.25, 0.3) is 10.9 Å². The van der Waals surface area contributed by atoms with Gasteiger partial charge in [-0.15, -0.1) is 0 Å². The van der Waals surface area contributed by atoms with Gasteiger partial charge in [0.05, 0.1) is 5.52 Å². The zero-order valence-corrected chi connectivity index (χ0v) is 10.6. The second-order valence-electron chi connectivity index (χ2n) is 3.60. The van der Waals surface area contributed by atoms with Crippen LogP contribution >= 0.6 is 0 Å². The molecule has 0 N–H and O–H groups in total. The number of hydrogen-bond donors (Lipinski definition) is 0. The Balaban J connectivity index is 0.000000606. The molecule has 2 aromatic rings. The highest BCUT2D eigenvalue weighted by molar-refractivity contribution is 5.77. The SMILES string of the molecule is CC.CCC(C)c1ncc2ccccc2n1. The van der Waals surface area contributed by atoms with Crippen LogP contribution < -0.4 is 0 Å². The Hall–Kier alpha value is -1.44. The third-order valence-corrected chi connectivity index (χ3v) is 2.56. The molecule has 0 spiro atoms. The lowest BCUT2D eigenvalue weighted by molar-refractivity contribution is 0.683. The summed E-state index contributed by atoms with van der Waals surface area (Å²) in [5.41, 5.74) is 1.04. The molecule has 1 aromatic heterocycles. The summed E-state index contributed by atoms with van der Waals surface area (Å²) in [7, 11) is 0. The summed E-state index contributed by atoms with van der Waals surface area (Å²) in [6.45, 7) is 8.31. The predicted octanol–water partition coefficient (Wildman–Crippen LogP) is 4.17. The van der Waals surface area contributed by atoms with Crippen LogP contribution in [-0.4, -0.2) is 9.97 Å². The molecule has 0 saturated heterocycles. The largest absolute Gasteiger partial charge is 0.240 e. The molecule has 0 fully saturated rings. The summed E-state index contributed by atoms with van der Waals surface area (Å²) in [5, 5.41) is 1.11. The van der Waals surface area contributed by atoms with E-state index in [1.54, 1.807) is 0 Å². The van der Waals surface area contributed by atoms with E-state index in [1.807, 2.05) is 44.3 Å². The highest BCUT2D eigenvalue weighted by Gasteiger charge is 2.06. The Kier molecular flexibility index (Phi) is 4.90. The van der Waals surface area contributed by atoms with Crippen LogP contribution in [0, 0.1) is 0 Å². The number of para-hydroxylation sites is 1. The average Bonchev–Trinajstić information content (AvgIpc) is 2.39. The van der Waals surface area contributed by atoms with Gasteiger partial charge < -0.3 is 0 Å². The van der Waals surface area contributed by atoms with Gasteiger partial charge in [0.1, 0.15) is 5.82 Å². The van der Waals surface area contributed by atoms with Crippen LogP contribution in [0.3, 0.4) is 0 Å². The van der Waals surface area contributed by atoms with Gasteiger partial charge in [0.25, 0.3) is 0 Å². The molecule has 2 rings (SSSR count). The molecule has 0 aliphatic rings. The van der Waals surface area contributed by atoms with E-state index in [2.05, 4.69) is 23.8 Å². The molecule has 0 saturated carbocycles. The first-order valence-electron chi connectivity index (χ1n) is 6.03. The van der Waals surface area contributed by atoms with Crippen LogP contribution in [0.2, 0.25) is 0 Å². The van der Waals surface area contributed by atoms with Crippen molar-refractivity contribution in [1.82, 2.24) is 9.97 Å². The molecule has 0 radical (unpaired) electrons. The smallest absolute Gasteiger partial charge is 0.131 e. The maximum absolute atomic E-state index is 4.53. The minimum atomic E-state index is 0.444. The fourth-order valence-corrected chi connectivity index (χ4v) is 1.41. The minimum absolute atomic E-state index is 0.444. The highest BCUT2D eigenvalue weighted by Crippen LogP contribution is 2.17. The number of nitrogens with zero attached hydrogens (tertiary/aromatic N) is 2. The Morgan fingerprint density at radius 1 is 1.19 bits per heavy atom. The zero-order chi connectivity index (χ0) is 12.0. The fourth-order valence-electron chi connectivity index (χ4n) is 1.41. The van der Waals surface area contributed by atoms with E-state index >= 15 is 0 Å². The van der Waals surface area contributed by atoms with Crippen LogP contribution in [0.4, 0.5) is 0 Å². The first-order chi connectivity index (χ1) is 7.81. The molecule has 2 nitrogen and oxygen atoms in total. The number of fused-ring (bicyclic) bond motifs is 1. The van der Waals surface area contributed by atoms with Crippen molar-refractivity contribution in [1.29, 1.82) is 0 Å². The van der Waals surface area contributed by atoms with Gasteiger partial charge in [-0.25, -0.2) is 9.97 Å². The molecule has 2 heteroatoms. The van der Waals surface area contributed by atoms with E-state index in [4.69, 9.17) is 0 Å². The molecule has 0 amide bonds. The van der Waals surface area contributed by atoms with Crippen molar-refractivity contribution < 1.29 is 0 Å². The van der Waals surface area contributed by atoms with Crippen molar-refractivity contribution in [3.63, 3.8) is 0 Å². The molecule has 1 heterocycles. The minimum Gasteiger partial charge on any atom is -0.240 e. The lowest BCUT2D eigenvalue weighted by Crippen LogP contribution is -1.99. The van der Waals surface area contributed by atoms with Crippen LogP contribution in [-0.2, 0) is 0 Å². The van der Waals surface area contributed by atoms with E-state index in [-0.39, 0.29) is 0 Å². The van der Waals surface area contributed by atoms with Gasteiger partial charge in [0.15, 0.2) is 0 Å². The maximum atomic E-state index is 4.53. The monoisotopic (exact) mass is 216 g/mol. The molecule has 1 atom stereocenters. The van der Waals surface area contributed by atoms with Crippen molar-refractivity contribution in [2.24, 2.45) is 0 Å². The molecular formula is C14H20N2. The van der Waals surface area contributed by atoms with E-state index < -0.39 is 0 Å². The lowest BCUT2D eigenvalue weighted by atomic mass is 10.1. The average molecular weight is 216 g/mol. The van der Waals surface area contributed by atoms with Crippen molar-refractivity contribution in [3.8, 4) is 0 Å². The molecular weight excluding hydrogens is 196 g/mol. The number of hydrogen-bond acceptors (Lipinski definition) is 2. The second-order valence-corrected chi connectivity index (χ2v) is 3.60. The highest BCUT2D eigenvalue weighted by atomic mass is 14.9. The lowest BCUT2D eigenvalue weighted by Gasteiger charge is -2.06. The quantitative estimate of drug-likeness (QED) is 0.753. The van der Waals surface area contributed by atoms with Gasteiger partial charge >= 0.3 is 0 Å². The van der Waals surface area contributed by atoms with E-state index in [0.717, 1.165) is 23.1 Å². The fraction of sp³-hybridized carbons (Fsp3) is 0.429. The first kappa shape index (κ1) is 12.6. The van der Waals surface area contributed by atoms with E-state index in [0.29, 0.717) is 5.92 Å². The molecule has 0 bridgehead atoms. The summed E-state index contributed by atoms with van der Waals surface area (Å²) < 4.78 is 0. The van der Waals surface area contributed by atoms with Crippen molar-refractivity contribution in [3.05, 3.63) is 36.3 Å². The molecule has 86 valence electrons. The number of benzene rings is 1. The number of rotatable bonds is 2. The van der Waals surface area contributed by atoms with Gasteiger partial charge in [-0.3, -0.25) is 0 Å². The Bertz CT molecular complexity index is 437. The van der Waals surface area contributed by atoms with Gasteiger partial charge in [-0.05, 0) is 12.5 Å². The van der Waals surface area contributed by atoms with Gasteiger partial charge in [0, 0.05) is 17.5 Å². The Morgan fingerprint density at radius 3 is 2.56 bits per heavy atom. The van der Waals surface area contributed by atoms with E-state index in [9.17, 15) is 0 Å². The van der Waals surface area contributed by atoms with Crippen LogP contribution in [0.15, 0.2) is 30.5 Å². The molecule has 16 heavy (non-hydrogen) atoms. The van der Waals surface area contributed by atoms with Gasteiger partial charge in [-0.2, -0.15) is 0 Å². The molecule has 0 aliphatic heterocycles. The Morgan fingerprint density at radius 2 is 1.88 bits per heavy atom. The molecule has 0 aliphatic carbocycles. The summed E-state index contributed by atoms with van der Waals surface area (Å²) in [4.78, 5) is 8.90. The van der Waals surface area contributed by atoms with Gasteiger partial charge in [-0.1, -0.05) is 45.9 Å². The summed E-state index contributed by atoms with van der Waals surface area (Å²) in [5.74, 6) is 1.39. The van der Waals surface area contributed by atoms with Crippen molar-refractivity contribution in [2.75, 3.05) is 0 Å². The third kappa shape index (κ3) is 2.78. The topological polar surface area (TPSA) is 25.8 Å². The number of aromatic nitrogens is 2. The zero-order valence-electron chi connectivity index (χ0n) is 10.6. The Labute approximate surface area is 97.7 Å². The second kappa shape index (κ2) is 6.21. The van der Waals surface area contributed by atoms with Crippen molar-refractivity contribution in [2.45, 2.75) is 40.0 Å². The normalized spacial score (nSPS) is 11.8. The summed E-state index contributed by atoms with van der Waals surface area (Å²) in [6, 6.07) is 8.09. The summed E-state index contributed by atoms with van der Waals surface area (Å²) >= 11 is 0. The van der Waals surface area contributed by atoms with Crippen LogP contribution in [0.5, 0.6) is 0 Å². The standard InChI is InChI=1S/C12H14N2.C2H6/c1-3-9(2)12-13-8-10-6-4-5-7-11(10)14-12;1-2/h4-9H,3H2,1-2H3;1-2H3. The summed E-state index contributed by atoms with van der Waals surface area (Å²) in [6.07, 6.45) is 2.99. The third-order valence-electron chi connectivity index (χ3n) is 2.56. The van der Waals surface area contributed by atoms with Crippen molar-refractivity contribution >= 4 is 10.9 Å². The van der Waals surface area contributed by atoms with Gasteiger partial charge in [0.2, 0.25) is 0 Å². The maximum Gasteiger partial charge on any atom is 0.131 e. The molecule has 1 unspecified atom stereocenters. The van der Waals surface area contributed by atoms with E-state index in [1.165, 1.54) is 0 Å². The first-order valence-corrected chi connectivity index (χ1v) is 6.03. The van der Waals surface area contributed by atoms with Crippen LogP contribution in [0.1, 0.15) is 45.9 Å². The molecule has 1 aromatic carbocycles.